The third-order valence-electron chi connectivity index (χ3n) is 1.87. The van der Waals surface area contributed by atoms with Crippen LogP contribution in [0.25, 0.3) is 10.9 Å². The molecule has 0 radical (unpaired) electrons. The highest BCUT2D eigenvalue weighted by Gasteiger charge is 1.97. The zero-order valence-corrected chi connectivity index (χ0v) is 9.14. The predicted molar refractivity (Wildman–Crippen MR) is 59.0 cm³/mol. The van der Waals surface area contributed by atoms with E-state index in [4.69, 9.17) is 11.6 Å². The van der Waals surface area contributed by atoms with Crippen LogP contribution in [0.5, 0.6) is 0 Å². The monoisotopic (exact) mass is 255 g/mol. The molecule has 0 aliphatic rings. The Hall–Kier alpha value is -0.600. The van der Waals surface area contributed by atoms with E-state index in [1.807, 2.05) is 18.2 Å². The van der Waals surface area contributed by atoms with E-state index in [-0.39, 0.29) is 0 Å². The third kappa shape index (κ3) is 1.84. The second-order valence-electron chi connectivity index (χ2n) is 2.81. The fraction of sp³-hybridized carbons (Fsp3) is 0.100. The van der Waals surface area contributed by atoms with Gasteiger partial charge in [-0.15, -0.1) is 11.6 Å². The van der Waals surface area contributed by atoms with Gasteiger partial charge in [0.15, 0.2) is 0 Å². The minimum atomic E-state index is 0.544. The van der Waals surface area contributed by atoms with E-state index in [1.165, 1.54) is 0 Å². The maximum absolute atomic E-state index is 5.73. The Labute approximate surface area is 89.9 Å². The van der Waals surface area contributed by atoms with Crippen LogP contribution in [0.4, 0.5) is 0 Å². The summed E-state index contributed by atoms with van der Waals surface area (Å²) < 4.78 is 0.992. The number of aromatic nitrogens is 1. The van der Waals surface area contributed by atoms with E-state index in [2.05, 4.69) is 27.0 Å². The quantitative estimate of drug-likeness (QED) is 0.708. The van der Waals surface area contributed by atoms with Crippen molar-refractivity contribution >= 4 is 38.4 Å². The first-order valence-electron chi connectivity index (χ1n) is 3.90. The van der Waals surface area contributed by atoms with Crippen molar-refractivity contribution in [2.24, 2.45) is 0 Å². The van der Waals surface area contributed by atoms with Gasteiger partial charge in [-0.2, -0.15) is 0 Å². The Bertz CT molecular complexity index is 442. The molecule has 13 heavy (non-hydrogen) atoms. The Morgan fingerprint density at radius 2 is 2.15 bits per heavy atom. The van der Waals surface area contributed by atoms with Crippen LogP contribution in [0.2, 0.25) is 0 Å². The average molecular weight is 257 g/mol. The van der Waals surface area contributed by atoms with E-state index in [9.17, 15) is 0 Å². The van der Waals surface area contributed by atoms with Crippen molar-refractivity contribution in [2.75, 3.05) is 0 Å². The Morgan fingerprint density at radius 3 is 2.92 bits per heavy atom. The first-order valence-corrected chi connectivity index (χ1v) is 5.22. The van der Waals surface area contributed by atoms with Gasteiger partial charge < -0.3 is 0 Å². The van der Waals surface area contributed by atoms with Crippen LogP contribution in [0.15, 0.2) is 34.9 Å². The van der Waals surface area contributed by atoms with E-state index in [0.717, 1.165) is 20.9 Å². The predicted octanol–water partition coefficient (Wildman–Crippen LogP) is 3.74. The zero-order valence-electron chi connectivity index (χ0n) is 6.80. The second-order valence-corrected chi connectivity index (χ2v) is 4.00. The SMILES string of the molecule is ClCc1ccc2ncc(Br)cc2c1. The fourth-order valence-corrected chi connectivity index (χ4v) is 1.75. The minimum absolute atomic E-state index is 0.544. The number of pyridine rings is 1. The number of nitrogens with zero attached hydrogens (tertiary/aromatic N) is 1. The smallest absolute Gasteiger partial charge is 0.0703 e. The number of fused-ring (bicyclic) bond motifs is 1. The van der Waals surface area contributed by atoms with E-state index in [0.29, 0.717) is 5.88 Å². The van der Waals surface area contributed by atoms with Crippen LogP contribution >= 0.6 is 27.5 Å². The number of rotatable bonds is 1. The van der Waals surface area contributed by atoms with Gasteiger partial charge in [0.1, 0.15) is 0 Å². The molecule has 66 valence electrons. The Kier molecular flexibility index (Phi) is 2.51. The molecule has 1 nitrogen and oxygen atoms in total. The molecule has 0 N–H and O–H groups in total. The van der Waals surface area contributed by atoms with Crippen molar-refractivity contribution in [1.82, 2.24) is 4.98 Å². The van der Waals surface area contributed by atoms with Gasteiger partial charge in [0.2, 0.25) is 0 Å². The second kappa shape index (κ2) is 3.64. The molecule has 0 amide bonds. The first kappa shape index (κ1) is 8.97. The molecule has 0 saturated heterocycles. The molecule has 3 heteroatoms. The molecule has 0 bridgehead atoms. The Morgan fingerprint density at radius 1 is 1.31 bits per heavy atom. The highest BCUT2D eigenvalue weighted by atomic mass is 79.9. The lowest BCUT2D eigenvalue weighted by atomic mass is 10.1. The van der Waals surface area contributed by atoms with Crippen LogP contribution in [-0.2, 0) is 5.88 Å². The van der Waals surface area contributed by atoms with Crippen molar-refractivity contribution in [1.29, 1.82) is 0 Å². The topological polar surface area (TPSA) is 12.9 Å². The van der Waals surface area contributed by atoms with E-state index < -0.39 is 0 Å². The average Bonchev–Trinajstić information content (AvgIpc) is 2.16. The lowest BCUT2D eigenvalue weighted by Crippen LogP contribution is -1.81. The summed E-state index contributed by atoms with van der Waals surface area (Å²) in [5, 5.41) is 1.12. The molecule has 0 fully saturated rings. The highest BCUT2D eigenvalue weighted by molar-refractivity contribution is 9.10. The normalized spacial score (nSPS) is 10.6. The number of alkyl halides is 1. The van der Waals surface area contributed by atoms with Crippen molar-refractivity contribution in [2.45, 2.75) is 5.88 Å². The molecule has 0 unspecified atom stereocenters. The van der Waals surface area contributed by atoms with Crippen molar-refractivity contribution in [3.05, 3.63) is 40.5 Å². The van der Waals surface area contributed by atoms with E-state index >= 15 is 0 Å². The standard InChI is InChI=1S/C10H7BrClN/c11-9-4-8-3-7(5-12)1-2-10(8)13-6-9/h1-4,6H,5H2. The molecular formula is C10H7BrClN. The number of hydrogen-bond acceptors (Lipinski definition) is 1. The molecule has 1 aromatic carbocycles. The highest BCUT2D eigenvalue weighted by Crippen LogP contribution is 2.19. The molecule has 2 aromatic rings. The maximum atomic E-state index is 5.73. The fourth-order valence-electron chi connectivity index (χ4n) is 1.24. The molecule has 0 aliphatic heterocycles. The molecule has 0 aliphatic carbocycles. The van der Waals surface area contributed by atoms with Crippen LogP contribution in [0.1, 0.15) is 5.56 Å². The summed E-state index contributed by atoms with van der Waals surface area (Å²) in [5.41, 5.74) is 2.12. The van der Waals surface area contributed by atoms with Crippen molar-refractivity contribution in [3.8, 4) is 0 Å². The summed E-state index contributed by atoms with van der Waals surface area (Å²) >= 11 is 9.12. The summed E-state index contributed by atoms with van der Waals surface area (Å²) in [6.45, 7) is 0. The zero-order chi connectivity index (χ0) is 9.26. The third-order valence-corrected chi connectivity index (χ3v) is 2.61. The number of benzene rings is 1. The first-order chi connectivity index (χ1) is 6.29. The molecule has 2 rings (SSSR count). The molecule has 1 aromatic heterocycles. The van der Waals surface area contributed by atoms with Gasteiger partial charge in [0, 0.05) is 21.9 Å². The summed E-state index contributed by atoms with van der Waals surface area (Å²) in [4.78, 5) is 4.27. The lowest BCUT2D eigenvalue weighted by molar-refractivity contribution is 1.36. The van der Waals surface area contributed by atoms with Gasteiger partial charge >= 0.3 is 0 Å². The Balaban J connectivity index is 2.68. The summed E-state index contributed by atoms with van der Waals surface area (Å²) in [5.74, 6) is 0.544. The summed E-state index contributed by atoms with van der Waals surface area (Å²) in [7, 11) is 0. The van der Waals surface area contributed by atoms with Gasteiger partial charge in [-0.1, -0.05) is 6.07 Å². The van der Waals surface area contributed by atoms with Gasteiger partial charge in [0.05, 0.1) is 5.52 Å². The van der Waals surface area contributed by atoms with Gasteiger partial charge in [-0.05, 0) is 39.7 Å². The van der Waals surface area contributed by atoms with Crippen LogP contribution < -0.4 is 0 Å². The largest absolute Gasteiger partial charge is 0.255 e. The molecular weight excluding hydrogens is 249 g/mol. The summed E-state index contributed by atoms with van der Waals surface area (Å²) in [6, 6.07) is 8.08. The van der Waals surface area contributed by atoms with Gasteiger partial charge in [0.25, 0.3) is 0 Å². The summed E-state index contributed by atoms with van der Waals surface area (Å²) in [6.07, 6.45) is 1.79. The number of halogens is 2. The molecule has 0 saturated carbocycles. The number of hydrogen-bond donors (Lipinski definition) is 0. The van der Waals surface area contributed by atoms with Gasteiger partial charge in [-0.3, -0.25) is 4.98 Å². The molecule has 0 atom stereocenters. The van der Waals surface area contributed by atoms with Crippen LogP contribution in [0, 0.1) is 0 Å². The minimum Gasteiger partial charge on any atom is -0.255 e. The van der Waals surface area contributed by atoms with Gasteiger partial charge in [-0.25, -0.2) is 0 Å². The lowest BCUT2D eigenvalue weighted by Gasteiger charge is -1.99. The van der Waals surface area contributed by atoms with E-state index in [1.54, 1.807) is 6.20 Å². The molecule has 1 heterocycles. The van der Waals surface area contributed by atoms with Crippen molar-refractivity contribution < 1.29 is 0 Å². The van der Waals surface area contributed by atoms with Crippen LogP contribution in [-0.4, -0.2) is 4.98 Å². The van der Waals surface area contributed by atoms with Crippen LogP contribution in [0.3, 0.4) is 0 Å². The van der Waals surface area contributed by atoms with Crippen molar-refractivity contribution in [3.63, 3.8) is 0 Å². The molecule has 0 spiro atoms. The maximum Gasteiger partial charge on any atom is 0.0703 e.